The van der Waals surface area contributed by atoms with Crippen LogP contribution in [0.1, 0.15) is 25.6 Å². The van der Waals surface area contributed by atoms with Gasteiger partial charge in [0.15, 0.2) is 5.82 Å². The topological polar surface area (TPSA) is 72.5 Å². The molecule has 0 spiro atoms. The second-order valence-electron chi connectivity index (χ2n) is 9.42. The van der Waals surface area contributed by atoms with Gasteiger partial charge in [0.25, 0.3) is 6.43 Å². The monoisotopic (exact) mass is 501 g/mol. The zero-order valence-electron chi connectivity index (χ0n) is 20.8. The Balaban J connectivity index is 1.55. The van der Waals surface area contributed by atoms with Crippen molar-refractivity contribution in [1.29, 1.82) is 0 Å². The van der Waals surface area contributed by atoms with Crippen LogP contribution in [0.2, 0.25) is 0 Å². The molecule has 0 amide bonds. The van der Waals surface area contributed by atoms with Gasteiger partial charge in [-0.05, 0) is 56.6 Å². The number of ether oxygens (including phenoxy) is 1. The Kier molecular flexibility index (Phi) is 6.50. The predicted octanol–water partition coefficient (Wildman–Crippen LogP) is 4.61. The van der Waals surface area contributed by atoms with E-state index in [4.69, 9.17) is 4.74 Å². The number of alkyl halides is 2. The Labute approximate surface area is 207 Å². The van der Waals surface area contributed by atoms with Gasteiger partial charge in [-0.2, -0.15) is 4.98 Å². The van der Waals surface area contributed by atoms with Crippen LogP contribution in [0.25, 0.3) is 27.7 Å². The zero-order valence-corrected chi connectivity index (χ0v) is 20.8. The number of aromatic nitrogens is 5. The molecular weight excluding hydrogens is 471 g/mol. The standard InChI is InChI=1S/C25H30F3N7O/c1-5-15-12-33(3)8-7-19(15)30-25-31-24(36-4)23-17(6-9-35(23)32-25)16-10-18(26)22-20(11-16)34(13-21(27)28)14(2)29-22/h6,9-11,15,19,21H,5,7-8,12-13H2,1-4H3,(H,30,32)/t15-,19-/m0/s1. The Morgan fingerprint density at radius 3 is 2.78 bits per heavy atom. The summed E-state index contributed by atoms with van der Waals surface area (Å²) in [4.78, 5) is 11.1. The number of hydrogen-bond acceptors (Lipinski definition) is 6. The molecule has 1 aliphatic heterocycles. The number of benzene rings is 1. The van der Waals surface area contributed by atoms with Crippen LogP contribution in [-0.4, -0.2) is 68.8 Å². The lowest BCUT2D eigenvalue weighted by atomic mass is 9.90. The lowest BCUT2D eigenvalue weighted by Gasteiger charge is -2.36. The number of anilines is 1. The molecule has 4 heterocycles. The first kappa shape index (κ1) is 24.4. The third kappa shape index (κ3) is 4.36. The Hall–Kier alpha value is -3.34. The molecule has 192 valence electrons. The lowest BCUT2D eigenvalue weighted by Crippen LogP contribution is -2.44. The van der Waals surface area contributed by atoms with Gasteiger partial charge in [-0.3, -0.25) is 0 Å². The molecule has 0 radical (unpaired) electrons. The van der Waals surface area contributed by atoms with Crippen LogP contribution in [-0.2, 0) is 6.54 Å². The predicted molar refractivity (Wildman–Crippen MR) is 132 cm³/mol. The molecule has 5 rings (SSSR count). The highest BCUT2D eigenvalue weighted by Gasteiger charge is 2.28. The van der Waals surface area contributed by atoms with E-state index in [1.165, 1.54) is 17.7 Å². The summed E-state index contributed by atoms with van der Waals surface area (Å²) < 4.78 is 50.0. The van der Waals surface area contributed by atoms with Crippen LogP contribution < -0.4 is 10.1 Å². The molecule has 1 aromatic carbocycles. The maximum Gasteiger partial charge on any atom is 0.256 e. The van der Waals surface area contributed by atoms with Crippen molar-refractivity contribution in [3.8, 4) is 17.0 Å². The molecule has 1 N–H and O–H groups in total. The lowest BCUT2D eigenvalue weighted by molar-refractivity contribution is 0.127. The van der Waals surface area contributed by atoms with E-state index in [0.717, 1.165) is 25.9 Å². The highest BCUT2D eigenvalue weighted by Crippen LogP contribution is 2.35. The summed E-state index contributed by atoms with van der Waals surface area (Å²) in [5, 5.41) is 8.14. The number of hydrogen-bond donors (Lipinski definition) is 1. The fraction of sp³-hybridized carbons (Fsp3) is 0.480. The van der Waals surface area contributed by atoms with Gasteiger partial charge in [-0.15, -0.1) is 5.10 Å². The molecule has 1 aliphatic rings. The van der Waals surface area contributed by atoms with Gasteiger partial charge in [0.2, 0.25) is 11.8 Å². The Bertz CT molecular complexity index is 1400. The van der Waals surface area contributed by atoms with Gasteiger partial charge < -0.3 is 19.5 Å². The number of nitrogens with one attached hydrogen (secondary N) is 1. The maximum absolute atomic E-state index is 15.0. The molecule has 0 saturated carbocycles. The first-order valence-electron chi connectivity index (χ1n) is 12.1. The van der Waals surface area contributed by atoms with Crippen molar-refractivity contribution in [2.75, 3.05) is 32.6 Å². The highest BCUT2D eigenvalue weighted by molar-refractivity contribution is 5.90. The van der Waals surface area contributed by atoms with E-state index in [2.05, 4.69) is 39.3 Å². The number of nitrogens with zero attached hydrogens (tertiary/aromatic N) is 6. The van der Waals surface area contributed by atoms with E-state index in [0.29, 0.717) is 45.7 Å². The number of halogens is 3. The quantitative estimate of drug-likeness (QED) is 0.399. The Morgan fingerprint density at radius 1 is 1.25 bits per heavy atom. The minimum atomic E-state index is -2.58. The normalized spacial score (nSPS) is 19.0. The molecule has 3 aromatic heterocycles. The van der Waals surface area contributed by atoms with Gasteiger partial charge in [0.05, 0.1) is 19.2 Å². The zero-order chi connectivity index (χ0) is 25.6. The smallest absolute Gasteiger partial charge is 0.256 e. The van der Waals surface area contributed by atoms with Crippen molar-refractivity contribution >= 4 is 22.5 Å². The van der Waals surface area contributed by atoms with Crippen LogP contribution >= 0.6 is 0 Å². The van der Waals surface area contributed by atoms with Crippen LogP contribution in [0, 0.1) is 18.7 Å². The number of piperidine rings is 1. The van der Waals surface area contributed by atoms with E-state index < -0.39 is 18.8 Å². The van der Waals surface area contributed by atoms with Crippen molar-refractivity contribution in [2.24, 2.45) is 5.92 Å². The summed E-state index contributed by atoms with van der Waals surface area (Å²) in [7, 11) is 3.66. The van der Waals surface area contributed by atoms with Crippen molar-refractivity contribution in [2.45, 2.75) is 45.7 Å². The SMILES string of the molecule is CC[C@H]1CN(C)CC[C@@H]1Nc1nc(OC)c2c(-c3cc(F)c4nc(C)n(CC(F)F)c4c3)ccn2n1. The number of imidazole rings is 1. The molecule has 4 aromatic rings. The minimum Gasteiger partial charge on any atom is -0.479 e. The average Bonchev–Trinajstić information content (AvgIpc) is 3.41. The second kappa shape index (κ2) is 9.61. The van der Waals surface area contributed by atoms with Gasteiger partial charge in [-0.25, -0.2) is 22.7 Å². The largest absolute Gasteiger partial charge is 0.479 e. The summed E-state index contributed by atoms with van der Waals surface area (Å²) in [6.07, 6.45) is 1.21. The van der Waals surface area contributed by atoms with E-state index in [-0.39, 0.29) is 11.6 Å². The number of rotatable bonds is 7. The summed E-state index contributed by atoms with van der Waals surface area (Å²) in [6, 6.07) is 5.07. The fourth-order valence-electron chi connectivity index (χ4n) is 5.23. The van der Waals surface area contributed by atoms with Crippen LogP contribution in [0.5, 0.6) is 5.88 Å². The number of fused-ring (bicyclic) bond motifs is 2. The first-order valence-corrected chi connectivity index (χ1v) is 12.1. The molecule has 2 atom stereocenters. The summed E-state index contributed by atoms with van der Waals surface area (Å²) in [6.45, 7) is 5.23. The van der Waals surface area contributed by atoms with Crippen molar-refractivity contribution in [3.63, 3.8) is 0 Å². The molecule has 0 aliphatic carbocycles. The summed E-state index contributed by atoms with van der Waals surface area (Å²) in [5.74, 6) is 1.03. The molecule has 8 nitrogen and oxygen atoms in total. The van der Waals surface area contributed by atoms with Gasteiger partial charge in [-0.1, -0.05) is 13.3 Å². The van der Waals surface area contributed by atoms with Crippen molar-refractivity contribution in [1.82, 2.24) is 29.0 Å². The van der Waals surface area contributed by atoms with E-state index in [9.17, 15) is 8.78 Å². The Morgan fingerprint density at radius 2 is 2.06 bits per heavy atom. The maximum atomic E-state index is 15.0. The summed E-state index contributed by atoms with van der Waals surface area (Å²) in [5.41, 5.74) is 2.08. The van der Waals surface area contributed by atoms with Gasteiger partial charge in [0, 0.05) is 24.3 Å². The molecular formula is C25H30F3N7O. The average molecular weight is 502 g/mol. The van der Waals surface area contributed by atoms with Crippen molar-refractivity contribution < 1.29 is 17.9 Å². The molecule has 0 bridgehead atoms. The third-order valence-electron chi connectivity index (χ3n) is 7.08. The van der Waals surface area contributed by atoms with Crippen LogP contribution in [0.3, 0.4) is 0 Å². The van der Waals surface area contributed by atoms with Crippen LogP contribution in [0.4, 0.5) is 19.1 Å². The number of methoxy groups -OCH3 is 1. The minimum absolute atomic E-state index is 0.0683. The van der Waals surface area contributed by atoms with E-state index in [1.807, 2.05) is 0 Å². The first-order chi connectivity index (χ1) is 17.3. The third-order valence-corrected chi connectivity index (χ3v) is 7.08. The van der Waals surface area contributed by atoms with Gasteiger partial charge in [0.1, 0.15) is 16.9 Å². The fourth-order valence-corrected chi connectivity index (χ4v) is 5.23. The number of aryl methyl sites for hydroxylation is 1. The summed E-state index contributed by atoms with van der Waals surface area (Å²) >= 11 is 0. The second-order valence-corrected chi connectivity index (χ2v) is 9.42. The molecule has 36 heavy (non-hydrogen) atoms. The van der Waals surface area contributed by atoms with Crippen molar-refractivity contribution in [3.05, 3.63) is 36.0 Å². The highest BCUT2D eigenvalue weighted by atomic mass is 19.3. The van der Waals surface area contributed by atoms with Crippen LogP contribution in [0.15, 0.2) is 24.4 Å². The number of likely N-dealkylation sites (tertiary alicyclic amines) is 1. The molecule has 1 fully saturated rings. The molecule has 0 unspecified atom stereocenters. The molecule has 1 saturated heterocycles. The van der Waals surface area contributed by atoms with E-state index >= 15 is 4.39 Å². The van der Waals surface area contributed by atoms with Gasteiger partial charge >= 0.3 is 0 Å². The van der Waals surface area contributed by atoms with E-state index in [1.54, 1.807) is 29.8 Å². The molecule has 11 heteroatoms.